The van der Waals surface area contributed by atoms with Crippen LogP contribution >= 0.6 is 0 Å². The van der Waals surface area contributed by atoms with Crippen molar-refractivity contribution in [3.63, 3.8) is 0 Å². The number of rotatable bonds is 9. The van der Waals surface area contributed by atoms with Crippen LogP contribution in [0.25, 0.3) is 0 Å². The fourth-order valence-electron chi connectivity index (χ4n) is 3.46. The zero-order valence-electron chi connectivity index (χ0n) is 17.6. The second kappa shape index (κ2) is 10.5. The predicted molar refractivity (Wildman–Crippen MR) is 119 cm³/mol. The van der Waals surface area contributed by atoms with Gasteiger partial charge in [0.2, 0.25) is 5.91 Å². The van der Waals surface area contributed by atoms with E-state index in [-0.39, 0.29) is 24.5 Å². The van der Waals surface area contributed by atoms with Crippen LogP contribution in [-0.2, 0) is 4.79 Å². The Morgan fingerprint density at radius 1 is 0.867 bits per heavy atom. The standard InChI is InChI=1S/C25H28N2O3/c1-18(22-16-21(29-2)14-15-23(22)30-3)27-24(28)17-26-25(19-10-6-4-7-11-19)20-12-8-5-9-13-20/h4-16,18,25-26H,17H2,1-3H3,(H,27,28)/t18-/m0/s1. The molecule has 0 aliphatic rings. The summed E-state index contributed by atoms with van der Waals surface area (Å²) in [4.78, 5) is 12.7. The van der Waals surface area contributed by atoms with Crippen LogP contribution in [-0.4, -0.2) is 26.7 Å². The van der Waals surface area contributed by atoms with Crippen molar-refractivity contribution >= 4 is 5.91 Å². The Bertz CT molecular complexity index is 906. The third-order valence-electron chi connectivity index (χ3n) is 5.01. The van der Waals surface area contributed by atoms with Gasteiger partial charge in [-0.15, -0.1) is 0 Å². The van der Waals surface area contributed by atoms with Crippen LogP contribution in [0, 0.1) is 0 Å². The average molecular weight is 405 g/mol. The number of ether oxygens (including phenoxy) is 2. The second-order valence-electron chi connectivity index (χ2n) is 7.03. The van der Waals surface area contributed by atoms with E-state index in [4.69, 9.17) is 9.47 Å². The highest BCUT2D eigenvalue weighted by atomic mass is 16.5. The molecule has 0 fully saturated rings. The van der Waals surface area contributed by atoms with Gasteiger partial charge in [-0.1, -0.05) is 60.7 Å². The molecule has 1 atom stereocenters. The van der Waals surface area contributed by atoms with Gasteiger partial charge in [-0.25, -0.2) is 0 Å². The molecule has 0 radical (unpaired) electrons. The lowest BCUT2D eigenvalue weighted by Crippen LogP contribution is -2.37. The highest BCUT2D eigenvalue weighted by molar-refractivity contribution is 5.78. The molecule has 0 unspecified atom stereocenters. The summed E-state index contributed by atoms with van der Waals surface area (Å²) in [7, 11) is 3.23. The van der Waals surface area contributed by atoms with Crippen LogP contribution in [0.3, 0.4) is 0 Å². The molecule has 5 heteroatoms. The van der Waals surface area contributed by atoms with Gasteiger partial charge in [-0.05, 0) is 36.2 Å². The Kier molecular flexibility index (Phi) is 7.46. The molecular formula is C25H28N2O3. The number of amides is 1. The van der Waals surface area contributed by atoms with Crippen molar-refractivity contribution in [2.45, 2.75) is 19.0 Å². The minimum Gasteiger partial charge on any atom is -0.497 e. The summed E-state index contributed by atoms with van der Waals surface area (Å²) in [5.41, 5.74) is 3.09. The van der Waals surface area contributed by atoms with E-state index < -0.39 is 0 Å². The largest absolute Gasteiger partial charge is 0.497 e. The van der Waals surface area contributed by atoms with Crippen LogP contribution in [0.15, 0.2) is 78.9 Å². The molecule has 3 rings (SSSR count). The second-order valence-corrected chi connectivity index (χ2v) is 7.03. The highest BCUT2D eigenvalue weighted by Crippen LogP contribution is 2.29. The van der Waals surface area contributed by atoms with E-state index in [0.29, 0.717) is 5.75 Å². The van der Waals surface area contributed by atoms with Gasteiger partial charge in [-0.3, -0.25) is 10.1 Å². The van der Waals surface area contributed by atoms with Gasteiger partial charge in [0, 0.05) is 5.56 Å². The minimum atomic E-state index is -0.226. The monoisotopic (exact) mass is 404 g/mol. The van der Waals surface area contributed by atoms with E-state index in [9.17, 15) is 4.79 Å². The first-order valence-corrected chi connectivity index (χ1v) is 9.97. The van der Waals surface area contributed by atoms with Gasteiger partial charge in [0.05, 0.1) is 32.8 Å². The lowest BCUT2D eigenvalue weighted by Gasteiger charge is -2.22. The predicted octanol–water partition coefficient (Wildman–Crippen LogP) is 4.26. The van der Waals surface area contributed by atoms with E-state index >= 15 is 0 Å². The Labute approximate surface area is 178 Å². The number of hydrogen-bond donors (Lipinski definition) is 2. The number of carbonyl (C=O) groups excluding carboxylic acids is 1. The molecule has 0 saturated carbocycles. The lowest BCUT2D eigenvalue weighted by atomic mass is 9.99. The average Bonchev–Trinajstić information content (AvgIpc) is 2.80. The molecule has 0 bridgehead atoms. The first kappa shape index (κ1) is 21.4. The number of hydrogen-bond acceptors (Lipinski definition) is 4. The fraction of sp³-hybridized carbons (Fsp3) is 0.240. The Hall–Kier alpha value is -3.31. The molecule has 0 aliphatic heterocycles. The molecule has 0 aliphatic carbocycles. The molecule has 156 valence electrons. The van der Waals surface area contributed by atoms with E-state index in [0.717, 1.165) is 22.4 Å². The van der Waals surface area contributed by atoms with Crippen molar-refractivity contribution in [1.29, 1.82) is 0 Å². The molecule has 2 N–H and O–H groups in total. The van der Waals surface area contributed by atoms with Gasteiger partial charge in [0.15, 0.2) is 0 Å². The van der Waals surface area contributed by atoms with Gasteiger partial charge in [-0.2, -0.15) is 0 Å². The summed E-state index contributed by atoms with van der Waals surface area (Å²) in [5.74, 6) is 1.34. The van der Waals surface area contributed by atoms with Crippen LogP contribution in [0.2, 0.25) is 0 Å². The molecule has 0 saturated heterocycles. The number of benzene rings is 3. The van der Waals surface area contributed by atoms with E-state index in [1.54, 1.807) is 14.2 Å². The highest BCUT2D eigenvalue weighted by Gasteiger charge is 2.18. The Morgan fingerprint density at radius 2 is 1.47 bits per heavy atom. The van der Waals surface area contributed by atoms with Gasteiger partial charge in [0.1, 0.15) is 11.5 Å². The van der Waals surface area contributed by atoms with Crippen LogP contribution < -0.4 is 20.1 Å². The first-order valence-electron chi connectivity index (χ1n) is 9.97. The van der Waals surface area contributed by atoms with Gasteiger partial charge < -0.3 is 14.8 Å². The molecule has 3 aromatic rings. The molecule has 3 aromatic carbocycles. The normalized spacial score (nSPS) is 11.7. The van der Waals surface area contributed by atoms with Gasteiger partial charge >= 0.3 is 0 Å². The summed E-state index contributed by atoms with van der Waals surface area (Å²) in [5, 5.41) is 6.44. The molecule has 1 amide bonds. The van der Waals surface area contributed by atoms with E-state index in [2.05, 4.69) is 34.9 Å². The minimum absolute atomic E-state index is 0.0696. The summed E-state index contributed by atoms with van der Waals surface area (Å²) in [6.45, 7) is 2.12. The SMILES string of the molecule is COc1ccc(OC)c([C@H](C)NC(=O)CNC(c2ccccc2)c2ccccc2)c1. The summed E-state index contributed by atoms with van der Waals surface area (Å²) >= 11 is 0. The molecule has 5 nitrogen and oxygen atoms in total. The van der Waals surface area contributed by atoms with Crippen LogP contribution in [0.4, 0.5) is 0 Å². The van der Waals surface area contributed by atoms with Crippen molar-refractivity contribution < 1.29 is 14.3 Å². The molecule has 0 heterocycles. The van der Waals surface area contributed by atoms with E-state index in [1.807, 2.05) is 61.5 Å². The molecular weight excluding hydrogens is 376 g/mol. The molecule has 0 spiro atoms. The quantitative estimate of drug-likeness (QED) is 0.559. The lowest BCUT2D eigenvalue weighted by molar-refractivity contribution is -0.121. The molecule has 0 aromatic heterocycles. The van der Waals surface area contributed by atoms with Crippen molar-refractivity contribution in [3.8, 4) is 11.5 Å². The maximum absolute atomic E-state index is 12.7. The third kappa shape index (κ3) is 5.39. The number of carbonyl (C=O) groups is 1. The van der Waals surface area contributed by atoms with Crippen molar-refractivity contribution in [3.05, 3.63) is 95.6 Å². The fourth-order valence-corrected chi connectivity index (χ4v) is 3.46. The summed E-state index contributed by atoms with van der Waals surface area (Å²) < 4.78 is 10.7. The maximum Gasteiger partial charge on any atom is 0.234 e. The summed E-state index contributed by atoms with van der Waals surface area (Å²) in [6.07, 6.45) is 0. The van der Waals surface area contributed by atoms with Crippen LogP contribution in [0.5, 0.6) is 11.5 Å². The van der Waals surface area contributed by atoms with Crippen LogP contribution in [0.1, 0.15) is 35.7 Å². The van der Waals surface area contributed by atoms with Crippen molar-refractivity contribution in [2.24, 2.45) is 0 Å². The Morgan fingerprint density at radius 3 is 2.00 bits per heavy atom. The number of nitrogens with one attached hydrogen (secondary N) is 2. The first-order chi connectivity index (χ1) is 14.6. The van der Waals surface area contributed by atoms with Crippen molar-refractivity contribution in [2.75, 3.05) is 20.8 Å². The molecule has 30 heavy (non-hydrogen) atoms. The number of methoxy groups -OCH3 is 2. The maximum atomic E-state index is 12.7. The smallest absolute Gasteiger partial charge is 0.234 e. The topological polar surface area (TPSA) is 59.6 Å². The summed E-state index contributed by atoms with van der Waals surface area (Å²) in [6, 6.07) is 25.5. The third-order valence-corrected chi connectivity index (χ3v) is 5.01. The van der Waals surface area contributed by atoms with Crippen molar-refractivity contribution in [1.82, 2.24) is 10.6 Å². The Balaban J connectivity index is 1.69. The zero-order valence-corrected chi connectivity index (χ0v) is 17.6. The van der Waals surface area contributed by atoms with Gasteiger partial charge in [0.25, 0.3) is 0 Å². The van der Waals surface area contributed by atoms with E-state index in [1.165, 1.54) is 0 Å². The zero-order chi connectivity index (χ0) is 21.3.